The molecule has 0 saturated heterocycles. The van der Waals surface area contributed by atoms with Crippen molar-refractivity contribution in [3.05, 3.63) is 71.0 Å². The molecule has 130 valence electrons. The second-order valence-corrected chi connectivity index (χ2v) is 5.99. The molecule has 0 bridgehead atoms. The lowest BCUT2D eigenvalue weighted by Crippen LogP contribution is -2.32. The monoisotopic (exact) mass is 331 g/mol. The topological polar surface area (TPSA) is 41.5 Å². The van der Waals surface area contributed by atoms with Gasteiger partial charge in [0.15, 0.2) is 0 Å². The van der Waals surface area contributed by atoms with Crippen LogP contribution in [0.3, 0.4) is 0 Å². The molecule has 24 heavy (non-hydrogen) atoms. The van der Waals surface area contributed by atoms with Gasteiger partial charge in [0.25, 0.3) is 0 Å². The maximum atomic E-state index is 13.5. The van der Waals surface area contributed by atoms with E-state index in [9.17, 15) is 9.50 Å². The number of halogens is 1. The summed E-state index contributed by atoms with van der Waals surface area (Å²) in [5.41, 5.74) is 3.00. The first-order chi connectivity index (χ1) is 11.6. The average Bonchev–Trinajstić information content (AvgIpc) is 2.61. The number of ether oxygens (including phenoxy) is 1. The van der Waals surface area contributed by atoms with E-state index < -0.39 is 6.10 Å². The maximum Gasteiger partial charge on any atom is 0.128 e. The van der Waals surface area contributed by atoms with Gasteiger partial charge in [-0.15, -0.1) is 0 Å². The van der Waals surface area contributed by atoms with Gasteiger partial charge in [-0.2, -0.15) is 0 Å². The third kappa shape index (κ3) is 5.71. The minimum atomic E-state index is -0.630. The third-order valence-electron chi connectivity index (χ3n) is 4.07. The Labute approximate surface area is 143 Å². The van der Waals surface area contributed by atoms with E-state index in [-0.39, 0.29) is 25.1 Å². The molecule has 2 N–H and O–H groups in total. The van der Waals surface area contributed by atoms with Gasteiger partial charge in [0, 0.05) is 18.2 Å². The minimum Gasteiger partial charge on any atom is -0.389 e. The lowest BCUT2D eigenvalue weighted by molar-refractivity contribution is 0.0268. The van der Waals surface area contributed by atoms with Crippen molar-refractivity contribution in [2.75, 3.05) is 13.2 Å². The van der Waals surface area contributed by atoms with E-state index >= 15 is 0 Å². The van der Waals surface area contributed by atoms with Gasteiger partial charge in [-0.05, 0) is 30.5 Å². The highest BCUT2D eigenvalue weighted by molar-refractivity contribution is 5.24. The van der Waals surface area contributed by atoms with Crippen molar-refractivity contribution < 1.29 is 14.2 Å². The molecule has 0 aromatic heterocycles. The first kappa shape index (κ1) is 18.6. The molecule has 2 aromatic carbocycles. The Balaban J connectivity index is 1.70. The van der Waals surface area contributed by atoms with Crippen molar-refractivity contribution in [2.45, 2.75) is 39.0 Å². The normalized spacial score (nSPS) is 13.7. The highest BCUT2D eigenvalue weighted by Crippen LogP contribution is 2.14. The zero-order valence-electron chi connectivity index (χ0n) is 14.3. The van der Waals surface area contributed by atoms with Gasteiger partial charge in [0.05, 0.1) is 19.3 Å². The van der Waals surface area contributed by atoms with Crippen molar-refractivity contribution in [3.63, 3.8) is 0 Å². The molecule has 0 spiro atoms. The molecule has 2 rings (SSSR count). The molecule has 0 radical (unpaired) electrons. The number of hydrogen-bond acceptors (Lipinski definition) is 3. The number of hydrogen-bond donors (Lipinski definition) is 2. The molecule has 2 unspecified atom stereocenters. The molecule has 0 fully saturated rings. The van der Waals surface area contributed by atoms with E-state index in [1.165, 1.54) is 17.2 Å². The number of aliphatic hydroxyl groups is 1. The summed E-state index contributed by atoms with van der Waals surface area (Å²) in [5.74, 6) is -0.283. The summed E-state index contributed by atoms with van der Waals surface area (Å²) in [6.45, 7) is 4.96. The van der Waals surface area contributed by atoms with Crippen LogP contribution in [-0.4, -0.2) is 24.4 Å². The van der Waals surface area contributed by atoms with Gasteiger partial charge >= 0.3 is 0 Å². The molecule has 2 atom stereocenters. The number of rotatable bonds is 9. The summed E-state index contributed by atoms with van der Waals surface area (Å²) < 4.78 is 18.9. The molecular formula is C20H26FNO2. The highest BCUT2D eigenvalue weighted by Gasteiger charge is 2.10. The Kier molecular flexibility index (Phi) is 7.37. The van der Waals surface area contributed by atoms with E-state index in [2.05, 4.69) is 43.4 Å². The summed E-state index contributed by atoms with van der Waals surface area (Å²) >= 11 is 0. The van der Waals surface area contributed by atoms with Crippen LogP contribution in [-0.2, 0) is 17.8 Å². The summed E-state index contributed by atoms with van der Waals surface area (Å²) in [4.78, 5) is 0. The van der Waals surface area contributed by atoms with Crippen molar-refractivity contribution >= 4 is 0 Å². The number of nitrogens with one attached hydrogen (secondary N) is 1. The largest absolute Gasteiger partial charge is 0.389 e. The van der Waals surface area contributed by atoms with E-state index in [1.54, 1.807) is 18.2 Å². The van der Waals surface area contributed by atoms with Crippen LogP contribution < -0.4 is 5.32 Å². The first-order valence-corrected chi connectivity index (χ1v) is 8.41. The molecule has 3 nitrogen and oxygen atoms in total. The van der Waals surface area contributed by atoms with Gasteiger partial charge in [-0.25, -0.2) is 4.39 Å². The fourth-order valence-electron chi connectivity index (χ4n) is 2.45. The molecule has 4 heteroatoms. The van der Waals surface area contributed by atoms with Crippen molar-refractivity contribution in [1.82, 2.24) is 5.32 Å². The Morgan fingerprint density at radius 1 is 1.12 bits per heavy atom. The molecule has 0 heterocycles. The summed E-state index contributed by atoms with van der Waals surface area (Å²) in [5, 5.41) is 13.3. The molecule has 0 aliphatic carbocycles. The average molecular weight is 331 g/mol. The van der Waals surface area contributed by atoms with Crippen LogP contribution in [0.2, 0.25) is 0 Å². The van der Waals surface area contributed by atoms with E-state index in [0.29, 0.717) is 12.1 Å². The van der Waals surface area contributed by atoms with E-state index in [1.807, 2.05) is 0 Å². The fraction of sp³-hybridized carbons (Fsp3) is 0.400. The predicted octanol–water partition coefficient (Wildman–Crippen LogP) is 3.62. The number of aryl methyl sites for hydroxylation is 1. The van der Waals surface area contributed by atoms with E-state index in [0.717, 1.165) is 6.42 Å². The molecule has 0 aliphatic heterocycles. The van der Waals surface area contributed by atoms with Gasteiger partial charge in [-0.3, -0.25) is 0 Å². The second kappa shape index (κ2) is 9.52. The lowest BCUT2D eigenvalue weighted by atomic mass is 10.0. The standard InChI is InChI=1S/C20H26FNO2/c1-3-16-8-10-17(11-9-16)15(2)22-12-19(23)14-24-13-18-6-4-5-7-20(18)21/h4-11,15,19,22-23H,3,12-14H2,1-2H3. The van der Waals surface area contributed by atoms with Crippen LogP contribution in [0.5, 0.6) is 0 Å². The summed E-state index contributed by atoms with van der Waals surface area (Å²) in [7, 11) is 0. The van der Waals surface area contributed by atoms with Gasteiger partial charge in [0.2, 0.25) is 0 Å². The zero-order valence-corrected chi connectivity index (χ0v) is 14.3. The van der Waals surface area contributed by atoms with Crippen molar-refractivity contribution in [2.24, 2.45) is 0 Å². The Morgan fingerprint density at radius 3 is 2.50 bits per heavy atom. The highest BCUT2D eigenvalue weighted by atomic mass is 19.1. The molecule has 2 aromatic rings. The lowest BCUT2D eigenvalue weighted by Gasteiger charge is -2.18. The van der Waals surface area contributed by atoms with Crippen LogP contribution in [0, 0.1) is 5.82 Å². The predicted molar refractivity (Wildman–Crippen MR) is 94.3 cm³/mol. The SMILES string of the molecule is CCc1ccc(C(C)NCC(O)COCc2ccccc2F)cc1. The maximum absolute atomic E-state index is 13.5. The van der Waals surface area contributed by atoms with Gasteiger partial charge in [0.1, 0.15) is 5.82 Å². The molecule has 0 saturated carbocycles. The van der Waals surface area contributed by atoms with Crippen LogP contribution in [0.25, 0.3) is 0 Å². The summed E-state index contributed by atoms with van der Waals surface area (Å²) in [6.07, 6.45) is 0.398. The van der Waals surface area contributed by atoms with Gasteiger partial charge < -0.3 is 15.2 Å². The zero-order chi connectivity index (χ0) is 17.4. The Bertz CT molecular complexity index is 615. The van der Waals surface area contributed by atoms with Crippen LogP contribution in [0.15, 0.2) is 48.5 Å². The van der Waals surface area contributed by atoms with Crippen molar-refractivity contribution in [1.29, 1.82) is 0 Å². The molecular weight excluding hydrogens is 305 g/mol. The molecule has 0 amide bonds. The third-order valence-corrected chi connectivity index (χ3v) is 4.07. The van der Waals surface area contributed by atoms with E-state index in [4.69, 9.17) is 4.74 Å². The second-order valence-electron chi connectivity index (χ2n) is 5.99. The van der Waals surface area contributed by atoms with Crippen LogP contribution in [0.1, 0.15) is 36.6 Å². The number of benzene rings is 2. The smallest absolute Gasteiger partial charge is 0.128 e. The van der Waals surface area contributed by atoms with Gasteiger partial charge in [-0.1, -0.05) is 49.4 Å². The molecule has 0 aliphatic rings. The Morgan fingerprint density at radius 2 is 1.83 bits per heavy atom. The Hall–Kier alpha value is -1.75. The minimum absolute atomic E-state index is 0.150. The van der Waals surface area contributed by atoms with Crippen molar-refractivity contribution in [3.8, 4) is 0 Å². The number of aliphatic hydroxyl groups excluding tert-OH is 1. The van der Waals surface area contributed by atoms with Crippen LogP contribution >= 0.6 is 0 Å². The first-order valence-electron chi connectivity index (χ1n) is 8.41. The summed E-state index contributed by atoms with van der Waals surface area (Å²) in [6, 6.07) is 15.1. The quantitative estimate of drug-likeness (QED) is 0.737. The fourth-order valence-corrected chi connectivity index (χ4v) is 2.45. The van der Waals surface area contributed by atoms with Crippen LogP contribution in [0.4, 0.5) is 4.39 Å².